The molecule has 2 aromatic rings. The number of nitrogens with two attached hydrogens (primary N) is 1. The van der Waals surface area contributed by atoms with Crippen molar-refractivity contribution in [1.82, 2.24) is 4.98 Å². The maximum absolute atomic E-state index is 12.7. The zero-order valence-electron chi connectivity index (χ0n) is 10.3. The fourth-order valence-corrected chi connectivity index (χ4v) is 1.69. The van der Waals surface area contributed by atoms with Crippen LogP contribution < -0.4 is 11.1 Å². The summed E-state index contributed by atoms with van der Waals surface area (Å²) in [6.07, 6.45) is 0.801. The van der Waals surface area contributed by atoms with Gasteiger partial charge in [0.15, 0.2) is 0 Å². The molecule has 0 bridgehead atoms. The summed E-state index contributed by atoms with van der Waals surface area (Å²) in [5, 5.41) is 3.19. The number of nitrogens with zero attached hydrogens (tertiary/aromatic N) is 1. The van der Waals surface area contributed by atoms with Crippen molar-refractivity contribution >= 4 is 11.5 Å². The molecule has 0 fully saturated rings. The van der Waals surface area contributed by atoms with E-state index in [9.17, 15) is 4.39 Å². The summed E-state index contributed by atoms with van der Waals surface area (Å²) in [5.74, 6) is 0.494. The van der Waals surface area contributed by atoms with E-state index in [1.165, 1.54) is 12.1 Å². The van der Waals surface area contributed by atoms with Gasteiger partial charge in [-0.05, 0) is 43.2 Å². The summed E-state index contributed by atoms with van der Waals surface area (Å²) in [5.41, 5.74) is 8.46. The molecule has 0 radical (unpaired) electrons. The van der Waals surface area contributed by atoms with Crippen LogP contribution in [0.2, 0.25) is 0 Å². The fraction of sp³-hybridized carbons (Fsp3) is 0.214. The minimum absolute atomic E-state index is 0.212. The lowest BCUT2D eigenvalue weighted by Gasteiger charge is -2.09. The molecule has 1 heterocycles. The molecule has 1 aromatic heterocycles. The number of rotatable bonds is 4. The second-order valence-corrected chi connectivity index (χ2v) is 4.19. The van der Waals surface area contributed by atoms with Crippen LogP contribution in [0.4, 0.5) is 15.9 Å². The van der Waals surface area contributed by atoms with E-state index in [2.05, 4.69) is 10.3 Å². The van der Waals surface area contributed by atoms with Crippen LogP contribution in [0.1, 0.15) is 11.3 Å². The van der Waals surface area contributed by atoms with Crippen molar-refractivity contribution in [1.29, 1.82) is 0 Å². The van der Waals surface area contributed by atoms with Gasteiger partial charge in [0.05, 0.1) is 5.69 Å². The minimum atomic E-state index is -0.212. The number of nitrogens with one attached hydrogen (secondary N) is 1. The third-order valence-electron chi connectivity index (χ3n) is 2.69. The smallest absolute Gasteiger partial charge is 0.149 e. The molecule has 0 unspecified atom stereocenters. The van der Waals surface area contributed by atoms with Crippen molar-refractivity contribution in [2.75, 3.05) is 17.6 Å². The lowest BCUT2D eigenvalue weighted by molar-refractivity contribution is 0.627. The van der Waals surface area contributed by atoms with Crippen LogP contribution in [0, 0.1) is 12.7 Å². The zero-order chi connectivity index (χ0) is 13.0. The first kappa shape index (κ1) is 12.4. The number of aromatic nitrogens is 1. The molecule has 3 nitrogen and oxygen atoms in total. The molecule has 0 spiro atoms. The highest BCUT2D eigenvalue weighted by Crippen LogP contribution is 2.15. The van der Waals surface area contributed by atoms with E-state index in [0.29, 0.717) is 18.1 Å². The van der Waals surface area contributed by atoms with E-state index in [-0.39, 0.29) is 5.82 Å². The summed E-state index contributed by atoms with van der Waals surface area (Å²) in [7, 11) is 0. The molecular weight excluding hydrogens is 229 g/mol. The highest BCUT2D eigenvalue weighted by Gasteiger charge is 2.00. The Bertz CT molecular complexity index is 523. The Morgan fingerprint density at radius 3 is 2.61 bits per heavy atom. The number of hydrogen-bond acceptors (Lipinski definition) is 3. The van der Waals surface area contributed by atoms with Gasteiger partial charge in [0.1, 0.15) is 11.6 Å². The SMILES string of the molecule is Cc1ccc(N)c(NCCc2ccc(F)cc2)n1. The van der Waals surface area contributed by atoms with Crippen molar-refractivity contribution in [3.63, 3.8) is 0 Å². The van der Waals surface area contributed by atoms with Gasteiger partial charge in [0, 0.05) is 12.2 Å². The van der Waals surface area contributed by atoms with Crippen molar-refractivity contribution in [3.8, 4) is 0 Å². The van der Waals surface area contributed by atoms with E-state index < -0.39 is 0 Å². The predicted molar refractivity (Wildman–Crippen MR) is 72.0 cm³/mol. The van der Waals surface area contributed by atoms with Crippen molar-refractivity contribution in [3.05, 3.63) is 53.5 Å². The summed E-state index contributed by atoms with van der Waals surface area (Å²) in [4.78, 5) is 4.32. The molecule has 0 saturated heterocycles. The summed E-state index contributed by atoms with van der Waals surface area (Å²) in [6.45, 7) is 2.64. The van der Waals surface area contributed by atoms with Crippen molar-refractivity contribution in [2.24, 2.45) is 0 Å². The van der Waals surface area contributed by atoms with E-state index in [1.54, 1.807) is 12.1 Å². The Morgan fingerprint density at radius 1 is 1.17 bits per heavy atom. The molecular formula is C14H16FN3. The molecule has 0 aliphatic rings. The molecule has 0 atom stereocenters. The van der Waals surface area contributed by atoms with Gasteiger partial charge in [-0.2, -0.15) is 0 Å². The van der Waals surface area contributed by atoms with Gasteiger partial charge in [-0.3, -0.25) is 0 Å². The average molecular weight is 245 g/mol. The Morgan fingerprint density at radius 2 is 1.89 bits per heavy atom. The van der Waals surface area contributed by atoms with Gasteiger partial charge >= 0.3 is 0 Å². The summed E-state index contributed by atoms with van der Waals surface area (Å²) < 4.78 is 12.7. The normalized spacial score (nSPS) is 10.3. The molecule has 3 N–H and O–H groups in total. The molecule has 0 amide bonds. The first-order chi connectivity index (χ1) is 8.65. The Labute approximate surface area is 106 Å². The van der Waals surface area contributed by atoms with Crippen LogP contribution in [-0.4, -0.2) is 11.5 Å². The highest BCUT2D eigenvalue weighted by molar-refractivity contribution is 5.61. The van der Waals surface area contributed by atoms with Crippen LogP contribution >= 0.6 is 0 Å². The monoisotopic (exact) mass is 245 g/mol. The Balaban J connectivity index is 1.92. The molecule has 4 heteroatoms. The molecule has 1 aromatic carbocycles. The number of aryl methyl sites for hydroxylation is 1. The highest BCUT2D eigenvalue weighted by atomic mass is 19.1. The molecule has 0 aliphatic carbocycles. The number of benzene rings is 1. The number of anilines is 2. The summed E-state index contributed by atoms with van der Waals surface area (Å²) >= 11 is 0. The topological polar surface area (TPSA) is 50.9 Å². The maximum Gasteiger partial charge on any atom is 0.149 e. The van der Waals surface area contributed by atoms with E-state index >= 15 is 0 Å². The van der Waals surface area contributed by atoms with Crippen molar-refractivity contribution in [2.45, 2.75) is 13.3 Å². The lowest BCUT2D eigenvalue weighted by atomic mass is 10.1. The molecule has 18 heavy (non-hydrogen) atoms. The third-order valence-corrected chi connectivity index (χ3v) is 2.69. The Hall–Kier alpha value is -2.10. The van der Waals surface area contributed by atoms with Gasteiger partial charge in [0.2, 0.25) is 0 Å². The van der Waals surface area contributed by atoms with Gasteiger partial charge in [-0.1, -0.05) is 12.1 Å². The molecule has 2 rings (SSSR count). The van der Waals surface area contributed by atoms with Crippen LogP contribution in [0.3, 0.4) is 0 Å². The standard InChI is InChI=1S/C14H16FN3/c1-10-2-7-13(16)14(18-10)17-9-8-11-3-5-12(15)6-4-11/h2-7H,8-9,16H2,1H3,(H,17,18). The minimum Gasteiger partial charge on any atom is -0.396 e. The average Bonchev–Trinajstić information content (AvgIpc) is 2.36. The number of hydrogen-bond donors (Lipinski definition) is 2. The Kier molecular flexibility index (Phi) is 3.77. The second-order valence-electron chi connectivity index (χ2n) is 4.19. The predicted octanol–water partition coefficient (Wildman–Crippen LogP) is 2.77. The quantitative estimate of drug-likeness (QED) is 0.870. The molecule has 0 aliphatic heterocycles. The first-order valence-corrected chi connectivity index (χ1v) is 5.86. The van der Waals surface area contributed by atoms with E-state index in [1.807, 2.05) is 19.1 Å². The summed E-state index contributed by atoms with van der Waals surface area (Å²) in [6, 6.07) is 10.2. The van der Waals surface area contributed by atoms with Crippen LogP contribution in [0.5, 0.6) is 0 Å². The molecule has 0 saturated carbocycles. The second kappa shape index (κ2) is 5.49. The lowest BCUT2D eigenvalue weighted by Crippen LogP contribution is -2.09. The number of halogens is 1. The van der Waals surface area contributed by atoms with Gasteiger partial charge in [-0.25, -0.2) is 9.37 Å². The van der Waals surface area contributed by atoms with Crippen molar-refractivity contribution < 1.29 is 4.39 Å². The van der Waals surface area contributed by atoms with Crippen LogP contribution in [0.25, 0.3) is 0 Å². The number of nitrogen functional groups attached to an aromatic ring is 1. The maximum atomic E-state index is 12.7. The largest absolute Gasteiger partial charge is 0.396 e. The van der Waals surface area contributed by atoms with Crippen LogP contribution in [0.15, 0.2) is 36.4 Å². The molecule has 94 valence electrons. The van der Waals surface area contributed by atoms with Gasteiger partial charge < -0.3 is 11.1 Å². The van der Waals surface area contributed by atoms with Gasteiger partial charge in [-0.15, -0.1) is 0 Å². The fourth-order valence-electron chi connectivity index (χ4n) is 1.69. The third kappa shape index (κ3) is 3.20. The first-order valence-electron chi connectivity index (χ1n) is 5.86. The van der Waals surface area contributed by atoms with E-state index in [0.717, 1.165) is 17.7 Å². The zero-order valence-corrected chi connectivity index (χ0v) is 10.3. The van der Waals surface area contributed by atoms with Crippen LogP contribution in [-0.2, 0) is 6.42 Å². The number of pyridine rings is 1. The van der Waals surface area contributed by atoms with Gasteiger partial charge in [0.25, 0.3) is 0 Å². The van der Waals surface area contributed by atoms with E-state index in [4.69, 9.17) is 5.73 Å².